The summed E-state index contributed by atoms with van der Waals surface area (Å²) in [6.45, 7) is 3.76. The molecule has 2 aromatic rings. The molecule has 0 aliphatic heterocycles. The van der Waals surface area contributed by atoms with Gasteiger partial charge in [-0.1, -0.05) is 13.3 Å². The molecule has 0 bridgehead atoms. The lowest BCUT2D eigenvalue weighted by Crippen LogP contribution is -1.97. The van der Waals surface area contributed by atoms with E-state index in [1.54, 1.807) is 30.8 Å². The molecule has 0 radical (unpaired) electrons. The second kappa shape index (κ2) is 5.30. The normalized spacial score (nSPS) is 10.7. The van der Waals surface area contributed by atoms with E-state index in [1.807, 2.05) is 0 Å². The number of aryl methyl sites for hydroxylation is 3. The van der Waals surface area contributed by atoms with Gasteiger partial charge >= 0.3 is 0 Å². The zero-order valence-corrected chi connectivity index (χ0v) is 11.4. The van der Waals surface area contributed by atoms with Crippen LogP contribution in [0.25, 0.3) is 0 Å². The van der Waals surface area contributed by atoms with Crippen LogP contribution in [0.15, 0.2) is 18.2 Å². The van der Waals surface area contributed by atoms with Gasteiger partial charge < -0.3 is 10.5 Å². The summed E-state index contributed by atoms with van der Waals surface area (Å²) in [5.74, 6) is 0.795. The van der Waals surface area contributed by atoms with E-state index in [0.29, 0.717) is 22.9 Å². The maximum absolute atomic E-state index is 13.2. The van der Waals surface area contributed by atoms with Crippen LogP contribution in [0.2, 0.25) is 0 Å². The van der Waals surface area contributed by atoms with E-state index in [9.17, 15) is 4.39 Å². The van der Waals surface area contributed by atoms with Crippen LogP contribution in [-0.4, -0.2) is 9.78 Å². The number of rotatable bonds is 4. The van der Waals surface area contributed by atoms with Gasteiger partial charge in [0.15, 0.2) is 0 Å². The van der Waals surface area contributed by atoms with Gasteiger partial charge in [0.1, 0.15) is 17.3 Å². The molecular weight excluding hydrogens is 245 g/mol. The number of nitrogen functional groups attached to an aromatic ring is 1. The molecule has 19 heavy (non-hydrogen) atoms. The molecule has 0 spiro atoms. The molecule has 2 N–H and O–H groups in total. The Balaban J connectivity index is 2.30. The first-order valence-corrected chi connectivity index (χ1v) is 6.28. The SMILES string of the molecule is CCCc1nn(C)c(Oc2ccc(F)c(C)c2)c1N. The van der Waals surface area contributed by atoms with E-state index in [1.165, 1.54) is 6.07 Å². The molecule has 0 saturated heterocycles. The minimum Gasteiger partial charge on any atom is -0.437 e. The van der Waals surface area contributed by atoms with Crippen molar-refractivity contribution in [2.24, 2.45) is 7.05 Å². The van der Waals surface area contributed by atoms with Crippen molar-refractivity contribution in [2.45, 2.75) is 26.7 Å². The van der Waals surface area contributed by atoms with Gasteiger partial charge in [0, 0.05) is 7.05 Å². The predicted molar refractivity (Wildman–Crippen MR) is 72.8 cm³/mol. The van der Waals surface area contributed by atoms with Crippen LogP contribution in [0.3, 0.4) is 0 Å². The van der Waals surface area contributed by atoms with E-state index in [2.05, 4.69) is 12.0 Å². The van der Waals surface area contributed by atoms with Gasteiger partial charge in [-0.3, -0.25) is 0 Å². The van der Waals surface area contributed by atoms with Crippen LogP contribution in [-0.2, 0) is 13.5 Å². The third-order valence-electron chi connectivity index (χ3n) is 2.94. The summed E-state index contributed by atoms with van der Waals surface area (Å²) in [7, 11) is 1.78. The molecule has 0 amide bonds. The fraction of sp³-hybridized carbons (Fsp3) is 0.357. The van der Waals surface area contributed by atoms with Crippen molar-refractivity contribution in [1.29, 1.82) is 0 Å². The van der Waals surface area contributed by atoms with E-state index < -0.39 is 0 Å². The Morgan fingerprint density at radius 2 is 2.16 bits per heavy atom. The molecule has 5 heteroatoms. The molecular formula is C14H18FN3O. The molecule has 4 nitrogen and oxygen atoms in total. The number of nitrogens with zero attached hydrogens (tertiary/aromatic N) is 2. The number of hydrogen-bond donors (Lipinski definition) is 1. The van der Waals surface area contributed by atoms with Gasteiger partial charge in [-0.15, -0.1) is 0 Å². The quantitative estimate of drug-likeness (QED) is 0.921. The molecule has 0 aliphatic rings. The second-order valence-electron chi connectivity index (χ2n) is 4.55. The lowest BCUT2D eigenvalue weighted by atomic mass is 10.2. The smallest absolute Gasteiger partial charge is 0.241 e. The molecule has 2 rings (SSSR count). The molecule has 0 saturated carbocycles. The van der Waals surface area contributed by atoms with Crippen molar-refractivity contribution in [1.82, 2.24) is 9.78 Å². The fourth-order valence-corrected chi connectivity index (χ4v) is 1.91. The number of nitrogens with two attached hydrogens (primary N) is 1. The summed E-state index contributed by atoms with van der Waals surface area (Å²) < 4.78 is 20.5. The van der Waals surface area contributed by atoms with Crippen LogP contribution in [0, 0.1) is 12.7 Å². The van der Waals surface area contributed by atoms with Crippen molar-refractivity contribution in [2.75, 3.05) is 5.73 Å². The molecule has 1 aromatic heterocycles. The summed E-state index contributed by atoms with van der Waals surface area (Å²) >= 11 is 0. The predicted octanol–water partition coefficient (Wildman–Crippen LogP) is 3.19. The third-order valence-corrected chi connectivity index (χ3v) is 2.94. The Kier molecular flexibility index (Phi) is 3.74. The molecule has 0 unspecified atom stereocenters. The summed E-state index contributed by atoms with van der Waals surface area (Å²) in [6, 6.07) is 4.60. The van der Waals surface area contributed by atoms with Gasteiger partial charge in [-0.05, 0) is 37.1 Å². The molecule has 1 heterocycles. The third kappa shape index (κ3) is 2.70. The molecule has 0 fully saturated rings. The van der Waals surface area contributed by atoms with Gasteiger partial charge in [0.25, 0.3) is 0 Å². The highest BCUT2D eigenvalue weighted by Crippen LogP contribution is 2.30. The van der Waals surface area contributed by atoms with E-state index >= 15 is 0 Å². The Bertz CT molecular complexity index is 593. The number of benzene rings is 1. The number of hydrogen-bond acceptors (Lipinski definition) is 3. The van der Waals surface area contributed by atoms with Gasteiger partial charge in [-0.25, -0.2) is 9.07 Å². The monoisotopic (exact) mass is 263 g/mol. The topological polar surface area (TPSA) is 53.1 Å². The maximum Gasteiger partial charge on any atom is 0.241 e. The largest absolute Gasteiger partial charge is 0.437 e. The van der Waals surface area contributed by atoms with E-state index in [4.69, 9.17) is 10.5 Å². The number of halogens is 1. The number of anilines is 1. The first-order valence-electron chi connectivity index (χ1n) is 6.28. The minimum absolute atomic E-state index is 0.253. The van der Waals surface area contributed by atoms with E-state index in [-0.39, 0.29) is 5.82 Å². The minimum atomic E-state index is -0.253. The summed E-state index contributed by atoms with van der Waals surface area (Å²) in [6.07, 6.45) is 1.78. The molecule has 0 atom stereocenters. The Morgan fingerprint density at radius 3 is 2.79 bits per heavy atom. The number of ether oxygens (including phenoxy) is 1. The highest BCUT2D eigenvalue weighted by molar-refractivity contribution is 5.54. The van der Waals surface area contributed by atoms with Crippen LogP contribution in [0.5, 0.6) is 11.6 Å². The Labute approximate surface area is 112 Å². The highest BCUT2D eigenvalue weighted by Gasteiger charge is 2.15. The molecule has 0 aliphatic carbocycles. The van der Waals surface area contributed by atoms with Gasteiger partial charge in [0.2, 0.25) is 5.88 Å². The highest BCUT2D eigenvalue weighted by atomic mass is 19.1. The fourth-order valence-electron chi connectivity index (χ4n) is 1.91. The first kappa shape index (κ1) is 13.4. The summed E-state index contributed by atoms with van der Waals surface area (Å²) in [5, 5.41) is 4.33. The van der Waals surface area contributed by atoms with E-state index in [0.717, 1.165) is 18.5 Å². The van der Waals surface area contributed by atoms with Crippen LogP contribution < -0.4 is 10.5 Å². The van der Waals surface area contributed by atoms with Gasteiger partial charge in [-0.2, -0.15) is 5.10 Å². The number of aromatic nitrogens is 2. The molecule has 102 valence electrons. The Hall–Kier alpha value is -2.04. The van der Waals surface area contributed by atoms with Crippen LogP contribution in [0.1, 0.15) is 24.6 Å². The van der Waals surface area contributed by atoms with Crippen LogP contribution >= 0.6 is 0 Å². The average Bonchev–Trinajstić information content (AvgIpc) is 2.62. The lowest BCUT2D eigenvalue weighted by Gasteiger charge is -2.07. The van der Waals surface area contributed by atoms with Crippen molar-refractivity contribution in [3.05, 3.63) is 35.3 Å². The van der Waals surface area contributed by atoms with Crippen LogP contribution in [0.4, 0.5) is 10.1 Å². The maximum atomic E-state index is 13.2. The summed E-state index contributed by atoms with van der Waals surface area (Å²) in [5.41, 5.74) is 7.94. The first-order chi connectivity index (χ1) is 9.02. The van der Waals surface area contributed by atoms with Gasteiger partial charge in [0.05, 0.1) is 5.69 Å². The average molecular weight is 263 g/mol. The molecule has 1 aromatic carbocycles. The zero-order valence-electron chi connectivity index (χ0n) is 11.4. The van der Waals surface area contributed by atoms with Crippen molar-refractivity contribution < 1.29 is 9.13 Å². The van der Waals surface area contributed by atoms with Crippen molar-refractivity contribution in [3.8, 4) is 11.6 Å². The second-order valence-corrected chi connectivity index (χ2v) is 4.55. The zero-order chi connectivity index (χ0) is 14.0. The summed E-state index contributed by atoms with van der Waals surface area (Å²) in [4.78, 5) is 0. The van der Waals surface area contributed by atoms with Crippen molar-refractivity contribution in [3.63, 3.8) is 0 Å². The standard InChI is InChI=1S/C14H18FN3O/c1-4-5-12-13(16)14(18(3)17-12)19-10-6-7-11(15)9(2)8-10/h6-8H,4-5,16H2,1-3H3. The van der Waals surface area contributed by atoms with Crippen molar-refractivity contribution >= 4 is 5.69 Å². The lowest BCUT2D eigenvalue weighted by molar-refractivity contribution is 0.431. The Morgan fingerprint density at radius 1 is 1.42 bits per heavy atom.